The summed E-state index contributed by atoms with van der Waals surface area (Å²) in [6.45, 7) is 0.229. The van der Waals surface area contributed by atoms with Gasteiger partial charge in [0, 0.05) is 33.6 Å². The number of amides is 3. The SMILES string of the molecule is CC(=O)N[C@@H]1[C@@H](O[C@@H]2O[C@H](CO)[C@H](O)[C@H](O[C@]3(C(=O)O)C[C@H](O)[C@@H](NC(C)=O)[C@H]([C@H](O)[C@H](O)CO)O3)[C@H]2O)[C@@H](O)[C@@H](CO[C@]2(C(=O)O)C[C@H](O)[C@@H](NC(C)=O)[C@H]([C@H](O)[C@H](O)CO)O2)O[C@@H]1C. The van der Waals surface area contributed by atoms with Gasteiger partial charge in [-0.25, -0.2) is 9.59 Å². The number of rotatable bonds is 19. The Hall–Kier alpha value is -3.41. The zero-order chi connectivity index (χ0) is 49.7. The van der Waals surface area contributed by atoms with Crippen molar-refractivity contribution >= 4 is 29.7 Å². The van der Waals surface area contributed by atoms with E-state index in [2.05, 4.69) is 16.0 Å². The van der Waals surface area contributed by atoms with Crippen LogP contribution in [-0.2, 0) is 57.1 Å². The minimum absolute atomic E-state index is 0.726. The summed E-state index contributed by atoms with van der Waals surface area (Å²) in [5.74, 6) is -12.3. The molecule has 29 nitrogen and oxygen atoms in total. The van der Waals surface area contributed by atoms with Gasteiger partial charge in [-0.2, -0.15) is 0 Å². The zero-order valence-corrected chi connectivity index (χ0v) is 35.9. The number of carboxylic acid groups (broad SMARTS) is 2. The molecule has 17 N–H and O–H groups in total. The molecule has 4 aliphatic rings. The number of ether oxygens (including phenoxy) is 7. The highest BCUT2D eigenvalue weighted by molar-refractivity contribution is 5.77. The fourth-order valence-electron chi connectivity index (χ4n) is 8.29. The Morgan fingerprint density at radius 3 is 1.52 bits per heavy atom. The van der Waals surface area contributed by atoms with Gasteiger partial charge in [-0.15, -0.1) is 0 Å². The number of hydrogen-bond acceptors (Lipinski definition) is 24. The van der Waals surface area contributed by atoms with Gasteiger partial charge in [-0.3, -0.25) is 14.4 Å². The molecule has 0 bridgehead atoms. The summed E-state index contributed by atoms with van der Waals surface area (Å²) >= 11 is 0. The lowest BCUT2D eigenvalue weighted by molar-refractivity contribution is -0.378. The standard InChI is InChI=1S/C37H61N3O26/c1-11-21(38-12(2)44)29(27(54)20(61-11)10-60-36(34(56)57)5-15(47)22(39-13(3)45)30(64-36)24(51)17(49)7-41)63-33-28(55)32(26(53)19(9-43)62-33)66-37(35(58)59)6-16(48)23(40-14(4)46)31(65-37)25(52)18(50)8-42/h11,15-33,41-43,47-55H,5-10H2,1-4H3,(H,38,44)(H,39,45)(H,40,46)(H,56,57)(H,58,59)/t11-,15+,16+,17-,18-,19-,20-,21+,22-,23-,24-,25-,26+,27+,28-,29-,30-,31-,32+,33+,36-,37+/m1/s1. The van der Waals surface area contributed by atoms with Gasteiger partial charge in [0.2, 0.25) is 17.7 Å². The Morgan fingerprint density at radius 2 is 1.08 bits per heavy atom. The molecule has 0 aliphatic carbocycles. The van der Waals surface area contributed by atoms with Gasteiger partial charge in [0.15, 0.2) is 6.29 Å². The zero-order valence-electron chi connectivity index (χ0n) is 35.9. The fraction of sp³-hybridized carbons (Fsp3) is 0.865. The second-order valence-corrected chi connectivity index (χ2v) is 16.6. The first kappa shape index (κ1) is 55.2. The Morgan fingerprint density at radius 1 is 0.636 bits per heavy atom. The van der Waals surface area contributed by atoms with Crippen LogP contribution >= 0.6 is 0 Å². The van der Waals surface area contributed by atoms with Gasteiger partial charge in [0.25, 0.3) is 11.6 Å². The largest absolute Gasteiger partial charge is 0.477 e. The molecule has 3 amide bonds. The van der Waals surface area contributed by atoms with Crippen LogP contribution in [0.4, 0.5) is 0 Å². The third-order valence-corrected chi connectivity index (χ3v) is 11.6. The van der Waals surface area contributed by atoms with Crippen LogP contribution in [0.2, 0.25) is 0 Å². The topological polar surface area (TPSA) is 469 Å². The summed E-state index contributed by atoms with van der Waals surface area (Å²) in [6, 6.07) is -4.56. The lowest BCUT2D eigenvalue weighted by Gasteiger charge is -2.51. The van der Waals surface area contributed by atoms with E-state index in [1.807, 2.05) is 0 Å². The second-order valence-electron chi connectivity index (χ2n) is 16.6. The second kappa shape index (κ2) is 22.8. The van der Waals surface area contributed by atoms with Crippen LogP contribution in [0.15, 0.2) is 0 Å². The van der Waals surface area contributed by atoms with Gasteiger partial charge in [-0.1, -0.05) is 0 Å². The van der Waals surface area contributed by atoms with Crippen molar-refractivity contribution in [3.63, 3.8) is 0 Å². The summed E-state index contributed by atoms with van der Waals surface area (Å²) in [4.78, 5) is 62.0. The molecule has 4 heterocycles. The van der Waals surface area contributed by atoms with E-state index in [9.17, 15) is 95.5 Å². The Balaban J connectivity index is 1.66. The van der Waals surface area contributed by atoms with Gasteiger partial charge in [0.05, 0.1) is 62.9 Å². The lowest BCUT2D eigenvalue weighted by Crippen LogP contribution is -2.71. The molecule has 29 heteroatoms. The summed E-state index contributed by atoms with van der Waals surface area (Å²) in [7, 11) is 0. The Labute approximate surface area is 374 Å². The molecule has 0 unspecified atom stereocenters. The molecule has 380 valence electrons. The minimum atomic E-state index is -3.15. The van der Waals surface area contributed by atoms with E-state index in [0.717, 1.165) is 20.8 Å². The van der Waals surface area contributed by atoms with Crippen molar-refractivity contribution in [3.8, 4) is 0 Å². The third kappa shape index (κ3) is 12.1. The van der Waals surface area contributed by atoms with E-state index < -0.39 is 203 Å². The number of aliphatic carboxylic acids is 2. The molecule has 4 aliphatic heterocycles. The van der Waals surface area contributed by atoms with Crippen molar-refractivity contribution < 1.29 is 129 Å². The molecule has 0 aromatic rings. The van der Waals surface area contributed by atoms with Crippen molar-refractivity contribution in [3.05, 3.63) is 0 Å². The maximum absolute atomic E-state index is 12.9. The average Bonchev–Trinajstić information content (AvgIpc) is 3.24. The molecule has 22 atom stereocenters. The van der Waals surface area contributed by atoms with Gasteiger partial charge in [0.1, 0.15) is 79.4 Å². The number of aliphatic hydroxyl groups is 12. The number of nitrogens with one attached hydrogen (secondary N) is 3. The molecule has 0 aromatic carbocycles. The monoisotopic (exact) mass is 963 g/mol. The van der Waals surface area contributed by atoms with Crippen molar-refractivity contribution in [1.29, 1.82) is 0 Å². The molecule has 0 spiro atoms. The summed E-state index contributed by atoms with van der Waals surface area (Å²) < 4.78 is 40.0. The van der Waals surface area contributed by atoms with Crippen molar-refractivity contribution in [1.82, 2.24) is 16.0 Å². The van der Waals surface area contributed by atoms with Crippen LogP contribution < -0.4 is 16.0 Å². The smallest absolute Gasteiger partial charge is 0.364 e. The van der Waals surface area contributed by atoms with Gasteiger partial charge >= 0.3 is 11.9 Å². The van der Waals surface area contributed by atoms with Gasteiger partial charge in [-0.05, 0) is 6.92 Å². The third-order valence-electron chi connectivity index (χ3n) is 11.6. The van der Waals surface area contributed by atoms with Crippen LogP contribution in [0.1, 0.15) is 40.5 Å². The molecule has 0 saturated carbocycles. The van der Waals surface area contributed by atoms with Crippen LogP contribution in [-0.4, -0.2) is 261 Å². The first-order chi connectivity index (χ1) is 30.8. The normalized spacial score (nSPS) is 41.4. The molecule has 4 fully saturated rings. The minimum Gasteiger partial charge on any atom is -0.477 e. The first-order valence-corrected chi connectivity index (χ1v) is 20.7. The molecule has 4 rings (SSSR count). The van der Waals surface area contributed by atoms with E-state index in [1.165, 1.54) is 6.92 Å². The number of carbonyl (C=O) groups is 5. The predicted molar refractivity (Wildman–Crippen MR) is 207 cm³/mol. The average molecular weight is 964 g/mol. The van der Waals surface area contributed by atoms with Crippen LogP contribution in [0.5, 0.6) is 0 Å². The summed E-state index contributed by atoms with van der Waals surface area (Å²) in [5, 5.41) is 156. The van der Waals surface area contributed by atoms with E-state index in [1.54, 1.807) is 0 Å². The number of aliphatic hydroxyl groups excluding tert-OH is 12. The molecule has 0 radical (unpaired) electrons. The molecular weight excluding hydrogens is 902 g/mol. The maximum Gasteiger partial charge on any atom is 0.364 e. The summed E-state index contributed by atoms with van der Waals surface area (Å²) in [5.41, 5.74) is 0. The molecule has 4 saturated heterocycles. The molecule has 0 aromatic heterocycles. The highest BCUT2D eigenvalue weighted by Crippen LogP contribution is 2.39. The lowest BCUT2D eigenvalue weighted by atomic mass is 9.88. The Kier molecular flexibility index (Phi) is 19.1. The van der Waals surface area contributed by atoms with Crippen LogP contribution in [0.3, 0.4) is 0 Å². The first-order valence-electron chi connectivity index (χ1n) is 20.7. The molecular formula is C37H61N3O26. The number of carboxylic acids is 2. The number of hydrogen-bond donors (Lipinski definition) is 17. The number of carbonyl (C=O) groups excluding carboxylic acids is 3. The predicted octanol–water partition coefficient (Wildman–Crippen LogP) is -9.84. The van der Waals surface area contributed by atoms with Crippen molar-refractivity contribution in [2.45, 2.75) is 174 Å². The van der Waals surface area contributed by atoms with Crippen LogP contribution in [0, 0.1) is 0 Å². The van der Waals surface area contributed by atoms with E-state index >= 15 is 0 Å². The van der Waals surface area contributed by atoms with Gasteiger partial charge < -0.3 is 121 Å². The van der Waals surface area contributed by atoms with E-state index in [4.69, 9.17) is 33.2 Å². The highest BCUT2D eigenvalue weighted by Gasteiger charge is 2.61. The van der Waals surface area contributed by atoms with E-state index in [0.29, 0.717) is 0 Å². The quantitative estimate of drug-likeness (QED) is 0.0571. The highest BCUT2D eigenvalue weighted by atomic mass is 16.8. The van der Waals surface area contributed by atoms with Crippen LogP contribution in [0.25, 0.3) is 0 Å². The molecule has 66 heavy (non-hydrogen) atoms. The van der Waals surface area contributed by atoms with E-state index in [-0.39, 0.29) is 0 Å². The maximum atomic E-state index is 12.9. The van der Waals surface area contributed by atoms with Crippen molar-refractivity contribution in [2.24, 2.45) is 0 Å². The Bertz CT molecular complexity index is 1680. The summed E-state index contributed by atoms with van der Waals surface area (Å²) in [6.07, 6.45) is -35.6. The fourth-order valence-corrected chi connectivity index (χ4v) is 8.29. The van der Waals surface area contributed by atoms with Crippen molar-refractivity contribution in [2.75, 3.05) is 26.4 Å².